The van der Waals surface area contributed by atoms with Crippen LogP contribution in [0.25, 0.3) is 6.08 Å². The summed E-state index contributed by atoms with van der Waals surface area (Å²) in [6.07, 6.45) is -0.380. The van der Waals surface area contributed by atoms with Crippen LogP contribution in [-0.4, -0.2) is 25.1 Å². The molecule has 0 unspecified atom stereocenters. The van der Waals surface area contributed by atoms with E-state index in [1.165, 1.54) is 11.6 Å². The van der Waals surface area contributed by atoms with Crippen LogP contribution in [0.2, 0.25) is 0 Å². The van der Waals surface area contributed by atoms with E-state index in [4.69, 9.17) is 4.74 Å². The summed E-state index contributed by atoms with van der Waals surface area (Å²) in [7, 11) is 1.93. The molecule has 0 fully saturated rings. The number of halogens is 4. The van der Waals surface area contributed by atoms with Crippen molar-refractivity contribution < 1.29 is 22.3 Å². The molecular formula is C20H19F4NO. The molecule has 2 nitrogen and oxygen atoms in total. The van der Waals surface area contributed by atoms with Crippen LogP contribution in [0.3, 0.4) is 0 Å². The van der Waals surface area contributed by atoms with Gasteiger partial charge in [0.05, 0.1) is 12.2 Å². The van der Waals surface area contributed by atoms with Crippen LogP contribution >= 0.6 is 0 Å². The molecule has 2 aromatic carbocycles. The predicted octanol–water partition coefficient (Wildman–Crippen LogP) is 4.92. The van der Waals surface area contributed by atoms with Crippen LogP contribution in [0.15, 0.2) is 42.5 Å². The number of hydrogen-bond donors (Lipinski definition) is 0. The molecule has 0 saturated carbocycles. The zero-order chi connectivity index (χ0) is 18.7. The van der Waals surface area contributed by atoms with E-state index in [9.17, 15) is 17.6 Å². The number of fused-ring (bicyclic) bond motifs is 1. The van der Waals surface area contributed by atoms with Crippen molar-refractivity contribution in [3.05, 3.63) is 70.5 Å². The summed E-state index contributed by atoms with van der Waals surface area (Å²) in [6, 6.07) is 8.67. The fourth-order valence-electron chi connectivity index (χ4n) is 2.91. The number of likely N-dealkylation sites (N-methyl/N-ethyl adjacent to an activating group) is 1. The van der Waals surface area contributed by atoms with Gasteiger partial charge in [-0.3, -0.25) is 4.90 Å². The van der Waals surface area contributed by atoms with Gasteiger partial charge in [0.1, 0.15) is 11.6 Å². The molecule has 138 valence electrons. The molecule has 26 heavy (non-hydrogen) atoms. The van der Waals surface area contributed by atoms with Gasteiger partial charge in [0.15, 0.2) is 0 Å². The Morgan fingerprint density at radius 3 is 2.69 bits per heavy atom. The van der Waals surface area contributed by atoms with Crippen molar-refractivity contribution in [1.29, 1.82) is 0 Å². The molecular weight excluding hydrogens is 346 g/mol. The summed E-state index contributed by atoms with van der Waals surface area (Å²) in [5.41, 5.74) is 1.52. The fourth-order valence-corrected chi connectivity index (χ4v) is 2.91. The molecule has 0 N–H and O–H groups in total. The molecule has 1 heterocycles. The van der Waals surface area contributed by atoms with E-state index in [1.807, 2.05) is 24.1 Å². The average Bonchev–Trinajstić information content (AvgIpc) is 3.03. The van der Waals surface area contributed by atoms with Crippen molar-refractivity contribution in [3.8, 4) is 5.75 Å². The Kier molecular flexibility index (Phi) is 5.32. The first-order valence-electron chi connectivity index (χ1n) is 8.29. The predicted molar refractivity (Wildman–Crippen MR) is 92.4 cm³/mol. The molecule has 0 amide bonds. The van der Waals surface area contributed by atoms with Gasteiger partial charge in [0, 0.05) is 25.1 Å². The topological polar surface area (TPSA) is 12.5 Å². The summed E-state index contributed by atoms with van der Waals surface area (Å²) in [5, 5.41) is 0. The highest BCUT2D eigenvalue weighted by Crippen LogP contribution is 2.30. The molecule has 1 aliphatic heterocycles. The lowest BCUT2D eigenvalue weighted by molar-refractivity contribution is -0.137. The zero-order valence-corrected chi connectivity index (χ0v) is 14.3. The molecule has 3 rings (SSSR count). The maximum absolute atomic E-state index is 13.8. The van der Waals surface area contributed by atoms with Crippen LogP contribution in [-0.2, 0) is 19.1 Å². The highest BCUT2D eigenvalue weighted by atomic mass is 19.4. The monoisotopic (exact) mass is 365 g/mol. The van der Waals surface area contributed by atoms with Crippen LogP contribution < -0.4 is 4.74 Å². The van der Waals surface area contributed by atoms with E-state index in [0.717, 1.165) is 36.5 Å². The minimum absolute atomic E-state index is 0.140. The highest BCUT2D eigenvalue weighted by molar-refractivity contribution is 5.51. The molecule has 1 aliphatic rings. The molecule has 0 aromatic heterocycles. The maximum Gasteiger partial charge on any atom is 0.416 e. The van der Waals surface area contributed by atoms with Gasteiger partial charge in [-0.05, 0) is 36.4 Å². The lowest BCUT2D eigenvalue weighted by Crippen LogP contribution is -2.17. The van der Waals surface area contributed by atoms with Gasteiger partial charge in [-0.25, -0.2) is 4.39 Å². The number of nitrogens with zero attached hydrogens (tertiary/aromatic N) is 1. The minimum Gasteiger partial charge on any atom is -0.493 e. The first-order chi connectivity index (χ1) is 12.3. The summed E-state index contributed by atoms with van der Waals surface area (Å²) in [4.78, 5) is 2.04. The lowest BCUT2D eigenvalue weighted by Gasteiger charge is -2.15. The van der Waals surface area contributed by atoms with Crippen molar-refractivity contribution in [2.75, 3.05) is 20.2 Å². The van der Waals surface area contributed by atoms with Gasteiger partial charge >= 0.3 is 6.18 Å². The molecule has 0 atom stereocenters. The van der Waals surface area contributed by atoms with Crippen LogP contribution in [0.4, 0.5) is 17.6 Å². The normalized spacial score (nSPS) is 14.1. The average molecular weight is 365 g/mol. The summed E-state index contributed by atoms with van der Waals surface area (Å²) >= 11 is 0. The Morgan fingerprint density at radius 2 is 1.96 bits per heavy atom. The maximum atomic E-state index is 13.8. The highest BCUT2D eigenvalue weighted by Gasteiger charge is 2.30. The summed E-state index contributed by atoms with van der Waals surface area (Å²) in [6.45, 7) is 1.98. The van der Waals surface area contributed by atoms with Crippen molar-refractivity contribution in [1.82, 2.24) is 4.90 Å². The Morgan fingerprint density at radius 1 is 1.15 bits per heavy atom. The third-order valence-electron chi connectivity index (χ3n) is 4.25. The van der Waals surface area contributed by atoms with E-state index in [-0.39, 0.29) is 5.56 Å². The first kappa shape index (κ1) is 18.5. The lowest BCUT2D eigenvalue weighted by atomic mass is 10.1. The first-order valence-corrected chi connectivity index (χ1v) is 8.29. The molecule has 0 spiro atoms. The Balaban J connectivity index is 1.58. The second-order valence-corrected chi connectivity index (χ2v) is 6.37. The van der Waals surface area contributed by atoms with Gasteiger partial charge in [-0.15, -0.1) is 0 Å². The number of rotatable bonds is 5. The van der Waals surface area contributed by atoms with Crippen LogP contribution in [0, 0.1) is 5.82 Å². The standard InChI is InChI=1S/C20H19F4NO/c1-25(13-14-4-7-19-16(11-14)8-10-26-19)9-2-3-15-5-6-17(12-18(15)21)20(22,23)24/h2-7,11-12H,8-10,13H2,1H3. The van der Waals surface area contributed by atoms with Gasteiger partial charge < -0.3 is 4.74 Å². The van der Waals surface area contributed by atoms with E-state index < -0.39 is 17.6 Å². The van der Waals surface area contributed by atoms with Gasteiger partial charge in [-0.1, -0.05) is 30.4 Å². The number of hydrogen-bond acceptors (Lipinski definition) is 2. The van der Waals surface area contributed by atoms with Crippen molar-refractivity contribution >= 4 is 6.08 Å². The summed E-state index contributed by atoms with van der Waals surface area (Å²) in [5.74, 6) is 0.0615. The van der Waals surface area contributed by atoms with E-state index in [1.54, 1.807) is 6.08 Å². The molecule has 0 aliphatic carbocycles. The molecule has 6 heteroatoms. The Labute approximate surface area is 149 Å². The molecule has 0 radical (unpaired) electrons. The zero-order valence-electron chi connectivity index (χ0n) is 14.3. The number of alkyl halides is 3. The van der Waals surface area contributed by atoms with Gasteiger partial charge in [0.25, 0.3) is 0 Å². The van der Waals surface area contributed by atoms with Gasteiger partial charge in [-0.2, -0.15) is 13.2 Å². The third kappa shape index (κ3) is 4.43. The second kappa shape index (κ2) is 7.50. The van der Waals surface area contributed by atoms with Crippen LogP contribution in [0.5, 0.6) is 5.75 Å². The van der Waals surface area contributed by atoms with Crippen molar-refractivity contribution in [2.24, 2.45) is 0 Å². The molecule has 0 bridgehead atoms. The van der Waals surface area contributed by atoms with Gasteiger partial charge in [0.2, 0.25) is 0 Å². The van der Waals surface area contributed by atoms with Crippen molar-refractivity contribution in [3.63, 3.8) is 0 Å². The largest absolute Gasteiger partial charge is 0.493 e. The minimum atomic E-state index is -4.54. The number of ether oxygens (including phenoxy) is 1. The van der Waals surface area contributed by atoms with Crippen molar-refractivity contribution in [2.45, 2.75) is 19.1 Å². The Hall–Kier alpha value is -2.34. The fraction of sp³-hybridized carbons (Fsp3) is 0.300. The molecule has 0 saturated heterocycles. The smallest absolute Gasteiger partial charge is 0.416 e. The Bertz CT molecular complexity index is 814. The van der Waals surface area contributed by atoms with E-state index in [0.29, 0.717) is 19.2 Å². The quantitative estimate of drug-likeness (QED) is 0.697. The SMILES string of the molecule is CN(CC=Cc1ccc(C(F)(F)F)cc1F)Cc1ccc2c(c1)CCO2. The van der Waals surface area contributed by atoms with E-state index in [2.05, 4.69) is 6.07 Å². The molecule has 2 aromatic rings. The third-order valence-corrected chi connectivity index (χ3v) is 4.25. The summed E-state index contributed by atoms with van der Waals surface area (Å²) < 4.78 is 56.9. The second-order valence-electron chi connectivity index (χ2n) is 6.37. The van der Waals surface area contributed by atoms with Crippen LogP contribution in [0.1, 0.15) is 22.3 Å². The number of benzene rings is 2. The van der Waals surface area contributed by atoms with E-state index >= 15 is 0 Å².